The highest BCUT2D eigenvalue weighted by atomic mass is 35.5. The molecule has 17 heavy (non-hydrogen) atoms. The van der Waals surface area contributed by atoms with Gasteiger partial charge in [-0.2, -0.15) is 5.26 Å². The van der Waals surface area contributed by atoms with Crippen LogP contribution in [0.3, 0.4) is 0 Å². The maximum absolute atomic E-state index is 13.4. The molecule has 0 saturated carbocycles. The minimum atomic E-state index is -0.534. The average Bonchev–Trinajstić information content (AvgIpc) is 2.30. The van der Waals surface area contributed by atoms with Crippen molar-refractivity contribution >= 4 is 11.6 Å². The maximum atomic E-state index is 13.4. The van der Waals surface area contributed by atoms with Gasteiger partial charge in [0.2, 0.25) is 0 Å². The number of rotatable bonds is 5. The van der Waals surface area contributed by atoms with Crippen LogP contribution in [0.15, 0.2) is 18.2 Å². The summed E-state index contributed by atoms with van der Waals surface area (Å²) in [5.41, 5.74) is -0.365. The topological polar surface area (TPSA) is 33.0 Å². The lowest BCUT2D eigenvalue weighted by molar-refractivity contribution is 0.273. The van der Waals surface area contributed by atoms with E-state index in [9.17, 15) is 4.39 Å². The van der Waals surface area contributed by atoms with E-state index in [0.717, 1.165) is 0 Å². The lowest BCUT2D eigenvalue weighted by atomic mass is 9.90. The van der Waals surface area contributed by atoms with Crippen molar-refractivity contribution in [1.29, 1.82) is 5.26 Å². The Kier molecular flexibility index (Phi) is 4.77. The number of ether oxygens (including phenoxy) is 1. The fourth-order valence-corrected chi connectivity index (χ4v) is 1.51. The third-order valence-electron chi connectivity index (χ3n) is 2.42. The van der Waals surface area contributed by atoms with Gasteiger partial charge in [0.15, 0.2) is 11.6 Å². The highest BCUT2D eigenvalue weighted by Gasteiger charge is 2.16. The van der Waals surface area contributed by atoms with E-state index >= 15 is 0 Å². The Labute approximate surface area is 106 Å². The molecule has 2 nitrogen and oxygen atoms in total. The van der Waals surface area contributed by atoms with Gasteiger partial charge >= 0.3 is 0 Å². The van der Waals surface area contributed by atoms with Crippen LogP contribution >= 0.6 is 11.6 Å². The first kappa shape index (κ1) is 13.8. The molecule has 1 rings (SSSR count). The van der Waals surface area contributed by atoms with Crippen molar-refractivity contribution < 1.29 is 9.13 Å². The molecule has 0 aliphatic carbocycles. The lowest BCUT2D eigenvalue weighted by Gasteiger charge is -2.15. The van der Waals surface area contributed by atoms with Crippen molar-refractivity contribution in [3.8, 4) is 11.8 Å². The predicted molar refractivity (Wildman–Crippen MR) is 65.5 cm³/mol. The number of nitriles is 1. The zero-order valence-electron chi connectivity index (χ0n) is 9.96. The van der Waals surface area contributed by atoms with Crippen LogP contribution < -0.4 is 4.74 Å². The van der Waals surface area contributed by atoms with E-state index in [2.05, 4.69) is 6.07 Å². The second-order valence-corrected chi connectivity index (χ2v) is 4.91. The average molecular weight is 256 g/mol. The molecule has 4 heteroatoms. The van der Waals surface area contributed by atoms with Crippen LogP contribution in [0.5, 0.6) is 5.75 Å². The molecule has 0 atom stereocenters. The molecule has 0 aromatic heterocycles. The molecule has 0 bridgehead atoms. The first-order valence-corrected chi connectivity index (χ1v) is 5.82. The fourth-order valence-electron chi connectivity index (χ4n) is 1.35. The van der Waals surface area contributed by atoms with E-state index in [1.54, 1.807) is 6.07 Å². The van der Waals surface area contributed by atoms with Gasteiger partial charge in [-0.1, -0.05) is 17.7 Å². The van der Waals surface area contributed by atoms with Crippen molar-refractivity contribution in [2.45, 2.75) is 26.7 Å². The van der Waals surface area contributed by atoms with Gasteiger partial charge in [0.25, 0.3) is 0 Å². The van der Waals surface area contributed by atoms with E-state index in [-0.39, 0.29) is 16.2 Å². The summed E-state index contributed by atoms with van der Waals surface area (Å²) < 4.78 is 18.7. The second-order valence-electron chi connectivity index (χ2n) is 4.50. The van der Waals surface area contributed by atoms with Crippen LogP contribution in [-0.2, 0) is 0 Å². The van der Waals surface area contributed by atoms with E-state index in [1.807, 2.05) is 13.8 Å². The summed E-state index contributed by atoms with van der Waals surface area (Å²) in [6, 6.07) is 6.86. The van der Waals surface area contributed by atoms with Gasteiger partial charge in [-0.15, -0.1) is 0 Å². The first-order chi connectivity index (χ1) is 7.96. The van der Waals surface area contributed by atoms with Crippen molar-refractivity contribution in [1.82, 2.24) is 0 Å². The van der Waals surface area contributed by atoms with E-state index < -0.39 is 5.82 Å². The number of halogens is 2. The van der Waals surface area contributed by atoms with Crippen molar-refractivity contribution in [2.24, 2.45) is 5.41 Å². The minimum Gasteiger partial charge on any atom is -0.490 e. The fraction of sp³-hybridized carbons (Fsp3) is 0.462. The molecule has 0 heterocycles. The SMILES string of the molecule is CC(C)(C#N)CCCOc1cccc(Cl)c1F. The van der Waals surface area contributed by atoms with Crippen LogP contribution in [0.1, 0.15) is 26.7 Å². The van der Waals surface area contributed by atoms with Crippen LogP contribution in [-0.4, -0.2) is 6.61 Å². The molecule has 0 radical (unpaired) electrons. The van der Waals surface area contributed by atoms with Gasteiger partial charge in [-0.3, -0.25) is 0 Å². The molecule has 1 aromatic carbocycles. The third-order valence-corrected chi connectivity index (χ3v) is 2.71. The molecular formula is C13H15ClFNO. The van der Waals surface area contributed by atoms with Gasteiger partial charge in [0, 0.05) is 0 Å². The summed E-state index contributed by atoms with van der Waals surface area (Å²) in [5, 5.41) is 8.88. The Morgan fingerprint density at radius 1 is 1.47 bits per heavy atom. The zero-order valence-corrected chi connectivity index (χ0v) is 10.7. The second kappa shape index (κ2) is 5.88. The lowest BCUT2D eigenvalue weighted by Crippen LogP contribution is -2.10. The maximum Gasteiger partial charge on any atom is 0.183 e. The minimum absolute atomic E-state index is 0.0554. The van der Waals surface area contributed by atoms with E-state index in [1.165, 1.54) is 12.1 Å². The summed E-state index contributed by atoms with van der Waals surface area (Å²) in [7, 11) is 0. The van der Waals surface area contributed by atoms with Crippen LogP contribution in [0.4, 0.5) is 4.39 Å². The predicted octanol–water partition coefficient (Wildman–Crippen LogP) is 4.19. The van der Waals surface area contributed by atoms with Gasteiger partial charge < -0.3 is 4.74 Å². The first-order valence-electron chi connectivity index (χ1n) is 5.44. The molecule has 92 valence electrons. The molecular weight excluding hydrogens is 241 g/mol. The molecule has 0 fully saturated rings. The van der Waals surface area contributed by atoms with Crippen molar-refractivity contribution in [2.75, 3.05) is 6.61 Å². The zero-order chi connectivity index (χ0) is 12.9. The largest absolute Gasteiger partial charge is 0.490 e. The van der Waals surface area contributed by atoms with E-state index in [0.29, 0.717) is 19.4 Å². The summed E-state index contributed by atoms with van der Waals surface area (Å²) in [6.07, 6.45) is 1.41. The smallest absolute Gasteiger partial charge is 0.183 e. The molecule has 0 aliphatic rings. The summed E-state index contributed by atoms with van der Waals surface area (Å²) in [5.74, 6) is -0.374. The Bertz CT molecular complexity index is 426. The number of nitrogens with zero attached hydrogens (tertiary/aromatic N) is 1. The van der Waals surface area contributed by atoms with Gasteiger partial charge in [-0.25, -0.2) is 4.39 Å². The molecule has 0 unspecified atom stereocenters. The van der Waals surface area contributed by atoms with Crippen LogP contribution in [0.25, 0.3) is 0 Å². The number of hydrogen-bond donors (Lipinski definition) is 0. The van der Waals surface area contributed by atoms with Crippen LogP contribution in [0.2, 0.25) is 5.02 Å². The Morgan fingerprint density at radius 2 is 2.18 bits per heavy atom. The van der Waals surface area contributed by atoms with Gasteiger partial charge in [-0.05, 0) is 38.8 Å². The molecule has 0 saturated heterocycles. The summed E-state index contributed by atoms with van der Waals surface area (Å²) in [4.78, 5) is 0. The Morgan fingerprint density at radius 3 is 2.82 bits per heavy atom. The van der Waals surface area contributed by atoms with Crippen molar-refractivity contribution in [3.05, 3.63) is 29.0 Å². The number of hydrogen-bond acceptors (Lipinski definition) is 2. The summed E-state index contributed by atoms with van der Waals surface area (Å²) >= 11 is 5.62. The highest BCUT2D eigenvalue weighted by Crippen LogP contribution is 2.25. The monoisotopic (exact) mass is 255 g/mol. The highest BCUT2D eigenvalue weighted by molar-refractivity contribution is 6.30. The molecule has 0 N–H and O–H groups in total. The molecule has 0 amide bonds. The summed E-state index contributed by atoms with van der Waals surface area (Å²) in [6.45, 7) is 4.11. The quantitative estimate of drug-likeness (QED) is 0.739. The van der Waals surface area contributed by atoms with Crippen molar-refractivity contribution in [3.63, 3.8) is 0 Å². The Hall–Kier alpha value is -1.27. The third kappa shape index (κ3) is 4.24. The van der Waals surface area contributed by atoms with Gasteiger partial charge in [0.1, 0.15) is 0 Å². The Balaban J connectivity index is 2.42. The molecule has 1 aromatic rings. The molecule has 0 aliphatic heterocycles. The molecule has 0 spiro atoms. The van der Waals surface area contributed by atoms with Crippen LogP contribution in [0, 0.1) is 22.6 Å². The van der Waals surface area contributed by atoms with E-state index in [4.69, 9.17) is 21.6 Å². The number of benzene rings is 1. The normalized spacial score (nSPS) is 11.0. The standard InChI is InChI=1S/C13H15ClFNO/c1-13(2,9-16)7-4-8-17-11-6-3-5-10(14)12(11)15/h3,5-6H,4,7-8H2,1-2H3. The van der Waals surface area contributed by atoms with Gasteiger partial charge in [0.05, 0.1) is 23.1 Å².